The van der Waals surface area contributed by atoms with Crippen molar-refractivity contribution in [3.05, 3.63) is 42.4 Å². The fourth-order valence-corrected chi connectivity index (χ4v) is 3.27. The van der Waals surface area contributed by atoms with Crippen molar-refractivity contribution < 1.29 is 9.84 Å². The minimum Gasteiger partial charge on any atom is -0.390 e. The van der Waals surface area contributed by atoms with Gasteiger partial charge < -0.3 is 14.7 Å². The summed E-state index contributed by atoms with van der Waals surface area (Å²) >= 11 is 0. The van der Waals surface area contributed by atoms with Gasteiger partial charge >= 0.3 is 0 Å². The van der Waals surface area contributed by atoms with E-state index < -0.39 is 0 Å². The predicted molar refractivity (Wildman–Crippen MR) is 98.7 cm³/mol. The number of morpholine rings is 1. The summed E-state index contributed by atoms with van der Waals surface area (Å²) in [7, 11) is 0. The van der Waals surface area contributed by atoms with Crippen LogP contribution in [0.5, 0.6) is 0 Å². The van der Waals surface area contributed by atoms with Crippen LogP contribution in [0.3, 0.4) is 0 Å². The van der Waals surface area contributed by atoms with Crippen LogP contribution in [0.4, 0.5) is 5.82 Å². The third-order valence-corrected chi connectivity index (χ3v) is 4.39. The molecule has 4 rings (SSSR count). The Morgan fingerprint density at radius 3 is 2.62 bits per heavy atom. The lowest BCUT2D eigenvalue weighted by Crippen LogP contribution is -2.45. The molecule has 134 valence electrons. The molecule has 0 saturated carbocycles. The number of nitrogens with zero attached hydrogens (tertiary/aromatic N) is 5. The summed E-state index contributed by atoms with van der Waals surface area (Å²) in [5.74, 6) is 0.914. The molecule has 3 aromatic rings. The SMILES string of the molecule is C[C@@H]1CN(c2cccc(-c3cnc4cnc(CO)cc4n3)n2)C[C@H](C)O1. The highest BCUT2D eigenvalue weighted by Crippen LogP contribution is 2.23. The lowest BCUT2D eigenvalue weighted by molar-refractivity contribution is -0.00545. The maximum absolute atomic E-state index is 9.27. The molecule has 1 fully saturated rings. The number of hydrogen-bond acceptors (Lipinski definition) is 7. The third kappa shape index (κ3) is 3.36. The molecule has 26 heavy (non-hydrogen) atoms. The van der Waals surface area contributed by atoms with Gasteiger partial charge in [-0.15, -0.1) is 0 Å². The first-order valence-electron chi connectivity index (χ1n) is 8.73. The molecule has 0 aromatic carbocycles. The maximum atomic E-state index is 9.27. The van der Waals surface area contributed by atoms with Crippen molar-refractivity contribution in [2.75, 3.05) is 18.0 Å². The van der Waals surface area contributed by atoms with E-state index in [1.165, 1.54) is 0 Å². The zero-order chi connectivity index (χ0) is 18.1. The molecule has 0 unspecified atom stereocenters. The number of ether oxygens (including phenoxy) is 1. The predicted octanol–water partition coefficient (Wildman–Crippen LogP) is 2.19. The third-order valence-electron chi connectivity index (χ3n) is 4.39. The zero-order valence-corrected chi connectivity index (χ0v) is 14.8. The summed E-state index contributed by atoms with van der Waals surface area (Å²) < 4.78 is 5.80. The molecule has 2 atom stereocenters. The lowest BCUT2D eigenvalue weighted by Gasteiger charge is -2.36. The molecule has 4 heterocycles. The number of fused-ring (bicyclic) bond motifs is 1. The van der Waals surface area contributed by atoms with Gasteiger partial charge in [0.1, 0.15) is 17.0 Å². The van der Waals surface area contributed by atoms with E-state index in [0.29, 0.717) is 22.4 Å². The van der Waals surface area contributed by atoms with E-state index >= 15 is 0 Å². The molecule has 0 spiro atoms. The minimum atomic E-state index is -0.122. The van der Waals surface area contributed by atoms with Crippen LogP contribution in [0.1, 0.15) is 19.5 Å². The number of aliphatic hydroxyl groups excluding tert-OH is 1. The van der Waals surface area contributed by atoms with Crippen LogP contribution < -0.4 is 4.90 Å². The van der Waals surface area contributed by atoms with Gasteiger partial charge in [0.15, 0.2) is 0 Å². The summed E-state index contributed by atoms with van der Waals surface area (Å²) in [4.78, 5) is 20.2. The molecule has 7 heteroatoms. The van der Waals surface area contributed by atoms with Crippen LogP contribution in [-0.2, 0) is 11.3 Å². The molecule has 3 aromatic heterocycles. The second kappa shape index (κ2) is 6.93. The van der Waals surface area contributed by atoms with E-state index in [-0.39, 0.29) is 18.8 Å². The topological polar surface area (TPSA) is 84.3 Å². The fourth-order valence-electron chi connectivity index (χ4n) is 3.27. The first-order chi connectivity index (χ1) is 12.6. The van der Waals surface area contributed by atoms with Crippen molar-refractivity contribution in [1.82, 2.24) is 19.9 Å². The Kier molecular flexibility index (Phi) is 4.48. The summed E-state index contributed by atoms with van der Waals surface area (Å²) in [5, 5.41) is 9.27. The van der Waals surface area contributed by atoms with Crippen molar-refractivity contribution in [3.8, 4) is 11.4 Å². The summed E-state index contributed by atoms with van der Waals surface area (Å²) in [6.07, 6.45) is 3.68. The number of rotatable bonds is 3. The van der Waals surface area contributed by atoms with E-state index in [2.05, 4.69) is 33.7 Å². The molecule has 0 radical (unpaired) electrons. The van der Waals surface area contributed by atoms with Gasteiger partial charge in [0.05, 0.1) is 48.1 Å². The van der Waals surface area contributed by atoms with Crippen LogP contribution in [-0.4, -0.2) is 50.3 Å². The molecule has 1 aliphatic rings. The smallest absolute Gasteiger partial charge is 0.129 e. The van der Waals surface area contributed by atoms with Crippen molar-refractivity contribution in [3.63, 3.8) is 0 Å². The van der Waals surface area contributed by atoms with Crippen LogP contribution in [0, 0.1) is 0 Å². The Bertz CT molecular complexity index is 923. The Hall–Kier alpha value is -2.64. The monoisotopic (exact) mass is 351 g/mol. The van der Waals surface area contributed by atoms with E-state index in [0.717, 1.165) is 24.6 Å². The summed E-state index contributed by atoms with van der Waals surface area (Å²) in [6.45, 7) is 5.66. The molecule has 0 amide bonds. The first-order valence-corrected chi connectivity index (χ1v) is 8.73. The molecule has 1 N–H and O–H groups in total. The molecular formula is C19H21N5O2. The van der Waals surface area contributed by atoms with E-state index in [1.807, 2.05) is 18.2 Å². The van der Waals surface area contributed by atoms with Crippen LogP contribution in [0.2, 0.25) is 0 Å². The number of anilines is 1. The van der Waals surface area contributed by atoms with Gasteiger partial charge in [-0.2, -0.15) is 0 Å². The van der Waals surface area contributed by atoms with Crippen molar-refractivity contribution in [2.24, 2.45) is 0 Å². The van der Waals surface area contributed by atoms with E-state index in [4.69, 9.17) is 9.72 Å². The average molecular weight is 351 g/mol. The Morgan fingerprint density at radius 2 is 1.85 bits per heavy atom. The lowest BCUT2D eigenvalue weighted by atomic mass is 10.2. The zero-order valence-electron chi connectivity index (χ0n) is 14.8. The van der Waals surface area contributed by atoms with Crippen molar-refractivity contribution >= 4 is 16.9 Å². The summed E-state index contributed by atoms with van der Waals surface area (Å²) in [5.41, 5.74) is 3.43. The number of aromatic nitrogens is 4. The van der Waals surface area contributed by atoms with Crippen LogP contribution >= 0.6 is 0 Å². The standard InChI is InChI=1S/C19H21N5O2/c1-12-9-24(10-13(2)26-12)19-5-3-4-15(23-19)18-8-21-17-7-20-14(11-25)6-16(17)22-18/h3-8,12-13,25H,9-11H2,1-2H3/t12-,13+. The molecule has 0 bridgehead atoms. The highest BCUT2D eigenvalue weighted by molar-refractivity contribution is 5.76. The quantitative estimate of drug-likeness (QED) is 0.774. The number of hydrogen-bond donors (Lipinski definition) is 1. The summed E-state index contributed by atoms with van der Waals surface area (Å²) in [6, 6.07) is 7.68. The Morgan fingerprint density at radius 1 is 1.04 bits per heavy atom. The van der Waals surface area contributed by atoms with Crippen molar-refractivity contribution in [2.45, 2.75) is 32.7 Å². The van der Waals surface area contributed by atoms with Gasteiger partial charge in [-0.25, -0.2) is 9.97 Å². The normalized spacial score (nSPS) is 20.5. The Balaban J connectivity index is 1.68. The van der Waals surface area contributed by atoms with Crippen LogP contribution in [0.15, 0.2) is 36.7 Å². The first kappa shape index (κ1) is 16.8. The van der Waals surface area contributed by atoms with Gasteiger partial charge in [0.2, 0.25) is 0 Å². The van der Waals surface area contributed by atoms with Crippen LogP contribution in [0.25, 0.3) is 22.4 Å². The second-order valence-corrected chi connectivity index (χ2v) is 6.62. The molecular weight excluding hydrogens is 330 g/mol. The van der Waals surface area contributed by atoms with Gasteiger partial charge in [-0.3, -0.25) is 9.97 Å². The van der Waals surface area contributed by atoms with Crippen molar-refractivity contribution in [1.29, 1.82) is 0 Å². The highest BCUT2D eigenvalue weighted by Gasteiger charge is 2.23. The molecule has 1 aliphatic heterocycles. The second-order valence-electron chi connectivity index (χ2n) is 6.62. The van der Waals surface area contributed by atoms with Gasteiger partial charge in [0.25, 0.3) is 0 Å². The average Bonchev–Trinajstić information content (AvgIpc) is 2.66. The number of aliphatic hydroxyl groups is 1. The Labute approximate surface area is 151 Å². The number of pyridine rings is 2. The largest absolute Gasteiger partial charge is 0.390 e. The van der Waals surface area contributed by atoms with Gasteiger partial charge in [0, 0.05) is 13.1 Å². The molecule has 0 aliphatic carbocycles. The minimum absolute atomic E-state index is 0.122. The molecule has 1 saturated heterocycles. The fraction of sp³-hybridized carbons (Fsp3) is 0.368. The van der Waals surface area contributed by atoms with E-state index in [1.54, 1.807) is 18.5 Å². The van der Waals surface area contributed by atoms with Gasteiger partial charge in [-0.05, 0) is 32.0 Å². The maximum Gasteiger partial charge on any atom is 0.129 e. The highest BCUT2D eigenvalue weighted by atomic mass is 16.5. The van der Waals surface area contributed by atoms with E-state index in [9.17, 15) is 5.11 Å². The molecule has 7 nitrogen and oxygen atoms in total. The van der Waals surface area contributed by atoms with Gasteiger partial charge in [-0.1, -0.05) is 6.07 Å².